The molecule has 6 nitrogen and oxygen atoms in total. The molecule has 6 heteroatoms. The van der Waals surface area contributed by atoms with Gasteiger partial charge in [-0.15, -0.1) is 0 Å². The number of amides is 2. The number of nitrogens with one attached hydrogen (secondary N) is 1. The number of likely N-dealkylation sites (tertiary alicyclic amines) is 1. The van der Waals surface area contributed by atoms with Gasteiger partial charge in [-0.1, -0.05) is 13.8 Å². The average Bonchev–Trinajstić information content (AvgIpc) is 2.55. The van der Waals surface area contributed by atoms with Gasteiger partial charge >= 0.3 is 0 Å². The fraction of sp³-hybridized carbons (Fsp3) is 0.875. The van der Waals surface area contributed by atoms with E-state index in [0.29, 0.717) is 39.1 Å². The molecule has 0 spiro atoms. The predicted molar refractivity (Wildman–Crippen MR) is 84.1 cm³/mol. The fourth-order valence-corrected chi connectivity index (χ4v) is 3.25. The van der Waals surface area contributed by atoms with Gasteiger partial charge < -0.3 is 20.7 Å². The topological polar surface area (TPSA) is 84.7 Å². The number of hydrogen-bond acceptors (Lipinski definition) is 4. The lowest BCUT2D eigenvalue weighted by Gasteiger charge is -2.42. The summed E-state index contributed by atoms with van der Waals surface area (Å²) in [6.45, 7) is 6.69. The molecule has 2 fully saturated rings. The molecule has 22 heavy (non-hydrogen) atoms. The van der Waals surface area contributed by atoms with Crippen molar-refractivity contribution in [2.45, 2.75) is 45.6 Å². The molecule has 0 aromatic rings. The standard InChI is InChI=1S/C16H29N3O3/c1-12(2)14(20)18-13-4-3-7-19(10-13)15(21)16(11-17)5-8-22-9-6-16/h12-13H,3-11,17H2,1-2H3,(H,18,20). The van der Waals surface area contributed by atoms with E-state index in [-0.39, 0.29) is 23.8 Å². The molecule has 0 aromatic carbocycles. The molecule has 2 aliphatic rings. The van der Waals surface area contributed by atoms with Crippen molar-refractivity contribution in [3.8, 4) is 0 Å². The van der Waals surface area contributed by atoms with Crippen LogP contribution in [0.5, 0.6) is 0 Å². The van der Waals surface area contributed by atoms with E-state index in [4.69, 9.17) is 10.5 Å². The number of carbonyl (C=O) groups is 2. The van der Waals surface area contributed by atoms with Crippen LogP contribution in [-0.4, -0.2) is 55.6 Å². The minimum Gasteiger partial charge on any atom is -0.381 e. The molecule has 2 aliphatic heterocycles. The summed E-state index contributed by atoms with van der Waals surface area (Å²) in [5.74, 6) is 0.164. The van der Waals surface area contributed by atoms with Crippen LogP contribution < -0.4 is 11.1 Å². The minimum absolute atomic E-state index is 0.0306. The van der Waals surface area contributed by atoms with E-state index < -0.39 is 5.41 Å². The molecule has 126 valence electrons. The normalized spacial score (nSPS) is 25.1. The van der Waals surface area contributed by atoms with Crippen molar-refractivity contribution in [1.82, 2.24) is 10.2 Å². The molecule has 2 saturated heterocycles. The number of nitrogens with zero attached hydrogens (tertiary/aromatic N) is 1. The second-order valence-electron chi connectivity index (χ2n) is 6.85. The molecule has 1 atom stereocenters. The first-order valence-electron chi connectivity index (χ1n) is 8.36. The molecule has 1 unspecified atom stereocenters. The van der Waals surface area contributed by atoms with Gasteiger partial charge in [0, 0.05) is 44.8 Å². The zero-order valence-electron chi connectivity index (χ0n) is 13.8. The summed E-state index contributed by atoms with van der Waals surface area (Å²) in [5, 5.41) is 3.05. The summed E-state index contributed by atoms with van der Waals surface area (Å²) in [7, 11) is 0. The van der Waals surface area contributed by atoms with E-state index >= 15 is 0 Å². The Balaban J connectivity index is 1.98. The Kier molecular flexibility index (Phi) is 5.81. The molecule has 0 bridgehead atoms. The second kappa shape index (κ2) is 7.42. The first-order valence-corrected chi connectivity index (χ1v) is 8.36. The average molecular weight is 311 g/mol. The molecule has 0 saturated carbocycles. The summed E-state index contributed by atoms with van der Waals surface area (Å²) in [6, 6.07) is 0.0577. The van der Waals surface area contributed by atoms with Crippen LogP contribution in [0.3, 0.4) is 0 Å². The number of rotatable bonds is 4. The van der Waals surface area contributed by atoms with Crippen LogP contribution in [0.15, 0.2) is 0 Å². The Bertz CT molecular complexity index is 405. The van der Waals surface area contributed by atoms with Crippen LogP contribution in [0.4, 0.5) is 0 Å². The highest BCUT2D eigenvalue weighted by Crippen LogP contribution is 2.32. The molecule has 0 aliphatic carbocycles. The summed E-state index contributed by atoms with van der Waals surface area (Å²) in [5.41, 5.74) is 5.46. The number of hydrogen-bond donors (Lipinski definition) is 2. The lowest BCUT2D eigenvalue weighted by molar-refractivity contribution is -0.149. The zero-order chi connectivity index (χ0) is 16.2. The van der Waals surface area contributed by atoms with E-state index in [1.807, 2.05) is 18.7 Å². The van der Waals surface area contributed by atoms with E-state index in [0.717, 1.165) is 19.4 Å². The third kappa shape index (κ3) is 3.79. The van der Waals surface area contributed by atoms with Gasteiger partial charge in [-0.2, -0.15) is 0 Å². The molecule has 3 N–H and O–H groups in total. The maximum Gasteiger partial charge on any atom is 0.230 e. The van der Waals surface area contributed by atoms with Gasteiger partial charge in [0.2, 0.25) is 11.8 Å². The number of carbonyl (C=O) groups excluding carboxylic acids is 2. The van der Waals surface area contributed by atoms with E-state index in [9.17, 15) is 9.59 Å². The molecule has 2 rings (SSSR count). The molecule has 0 radical (unpaired) electrons. The summed E-state index contributed by atoms with van der Waals surface area (Å²) < 4.78 is 5.38. The molecule has 2 heterocycles. The Morgan fingerprint density at radius 3 is 2.64 bits per heavy atom. The monoisotopic (exact) mass is 311 g/mol. The maximum absolute atomic E-state index is 12.9. The van der Waals surface area contributed by atoms with Gasteiger partial charge in [-0.25, -0.2) is 0 Å². The lowest BCUT2D eigenvalue weighted by Crippen LogP contribution is -2.56. The van der Waals surface area contributed by atoms with Crippen LogP contribution in [0.25, 0.3) is 0 Å². The van der Waals surface area contributed by atoms with Gasteiger partial charge in [-0.05, 0) is 25.7 Å². The van der Waals surface area contributed by atoms with Gasteiger partial charge in [0.25, 0.3) is 0 Å². The SMILES string of the molecule is CC(C)C(=O)NC1CCCN(C(=O)C2(CN)CCOCC2)C1. The third-order valence-electron chi connectivity index (χ3n) is 4.87. The predicted octanol–water partition coefficient (Wildman–Crippen LogP) is 0.505. The fourth-order valence-electron chi connectivity index (χ4n) is 3.25. The highest BCUT2D eigenvalue weighted by atomic mass is 16.5. The van der Waals surface area contributed by atoms with Gasteiger partial charge in [0.05, 0.1) is 5.41 Å². The Hall–Kier alpha value is -1.14. The molecular formula is C16H29N3O3. The maximum atomic E-state index is 12.9. The van der Waals surface area contributed by atoms with Crippen molar-refractivity contribution < 1.29 is 14.3 Å². The van der Waals surface area contributed by atoms with Crippen LogP contribution >= 0.6 is 0 Å². The van der Waals surface area contributed by atoms with Gasteiger partial charge in [0.1, 0.15) is 0 Å². The Morgan fingerprint density at radius 1 is 1.36 bits per heavy atom. The van der Waals surface area contributed by atoms with E-state index in [1.54, 1.807) is 0 Å². The van der Waals surface area contributed by atoms with Crippen LogP contribution in [0, 0.1) is 11.3 Å². The van der Waals surface area contributed by atoms with Crippen LogP contribution in [-0.2, 0) is 14.3 Å². The van der Waals surface area contributed by atoms with Crippen LogP contribution in [0.1, 0.15) is 39.5 Å². The molecular weight excluding hydrogens is 282 g/mol. The first-order chi connectivity index (χ1) is 10.5. The Morgan fingerprint density at radius 2 is 2.05 bits per heavy atom. The largest absolute Gasteiger partial charge is 0.381 e. The zero-order valence-corrected chi connectivity index (χ0v) is 13.8. The second-order valence-corrected chi connectivity index (χ2v) is 6.85. The number of piperidine rings is 1. The van der Waals surface area contributed by atoms with Crippen LogP contribution in [0.2, 0.25) is 0 Å². The van der Waals surface area contributed by atoms with Crippen molar-refractivity contribution in [1.29, 1.82) is 0 Å². The summed E-state index contributed by atoms with van der Waals surface area (Å²) >= 11 is 0. The summed E-state index contributed by atoms with van der Waals surface area (Å²) in [4.78, 5) is 26.7. The van der Waals surface area contributed by atoms with E-state index in [1.165, 1.54) is 0 Å². The minimum atomic E-state index is -0.470. The smallest absolute Gasteiger partial charge is 0.230 e. The number of ether oxygens (including phenoxy) is 1. The highest BCUT2D eigenvalue weighted by molar-refractivity contribution is 5.83. The van der Waals surface area contributed by atoms with Gasteiger partial charge in [0.15, 0.2) is 0 Å². The quantitative estimate of drug-likeness (QED) is 0.792. The summed E-state index contributed by atoms with van der Waals surface area (Å²) in [6.07, 6.45) is 3.25. The first kappa shape index (κ1) is 17.2. The third-order valence-corrected chi connectivity index (χ3v) is 4.87. The van der Waals surface area contributed by atoms with Crippen molar-refractivity contribution in [3.63, 3.8) is 0 Å². The lowest BCUT2D eigenvalue weighted by atomic mass is 9.78. The number of nitrogens with two attached hydrogens (primary N) is 1. The van der Waals surface area contributed by atoms with E-state index in [2.05, 4.69) is 5.32 Å². The molecule has 0 aromatic heterocycles. The molecule has 2 amide bonds. The Labute approximate surface area is 132 Å². The van der Waals surface area contributed by atoms with Crippen molar-refractivity contribution in [2.75, 3.05) is 32.8 Å². The van der Waals surface area contributed by atoms with Crippen molar-refractivity contribution in [3.05, 3.63) is 0 Å². The van der Waals surface area contributed by atoms with Crippen molar-refractivity contribution >= 4 is 11.8 Å². The van der Waals surface area contributed by atoms with Crippen molar-refractivity contribution in [2.24, 2.45) is 17.1 Å². The van der Waals surface area contributed by atoms with Gasteiger partial charge in [-0.3, -0.25) is 9.59 Å². The highest BCUT2D eigenvalue weighted by Gasteiger charge is 2.42.